The smallest absolute Gasteiger partial charge is 0.259 e. The number of pyridine rings is 2. The van der Waals surface area contributed by atoms with E-state index < -0.39 is 0 Å². The normalized spacial score (nSPS) is 10.8. The SMILES string of the molecule is O=C(C=Cc1cccnc1)NCc1nc(-c2ccc[nH]c2=O)no1. The van der Waals surface area contributed by atoms with Crippen molar-refractivity contribution in [1.82, 2.24) is 25.4 Å². The van der Waals surface area contributed by atoms with E-state index in [-0.39, 0.29) is 29.7 Å². The summed E-state index contributed by atoms with van der Waals surface area (Å²) in [5.41, 5.74) is 0.805. The Morgan fingerprint density at radius 2 is 2.25 bits per heavy atom. The lowest BCUT2D eigenvalue weighted by Crippen LogP contribution is -2.20. The zero-order valence-electron chi connectivity index (χ0n) is 12.5. The summed E-state index contributed by atoms with van der Waals surface area (Å²) in [4.78, 5) is 34.0. The van der Waals surface area contributed by atoms with Gasteiger partial charge in [0.25, 0.3) is 5.56 Å². The van der Waals surface area contributed by atoms with Crippen LogP contribution in [0.1, 0.15) is 11.5 Å². The van der Waals surface area contributed by atoms with Crippen LogP contribution in [0.3, 0.4) is 0 Å². The molecule has 0 bridgehead atoms. The average Bonchev–Trinajstić information content (AvgIpc) is 3.08. The number of amides is 1. The van der Waals surface area contributed by atoms with Crippen LogP contribution < -0.4 is 10.9 Å². The molecule has 3 heterocycles. The van der Waals surface area contributed by atoms with E-state index >= 15 is 0 Å². The molecule has 0 spiro atoms. The number of hydrogen-bond donors (Lipinski definition) is 2. The fraction of sp³-hybridized carbons (Fsp3) is 0.0625. The Morgan fingerprint density at radius 1 is 1.33 bits per heavy atom. The average molecular weight is 323 g/mol. The van der Waals surface area contributed by atoms with Gasteiger partial charge in [0, 0.05) is 24.7 Å². The maximum absolute atomic E-state index is 11.8. The molecule has 2 N–H and O–H groups in total. The standard InChI is InChI=1S/C16H13N5O3/c22-13(6-5-11-3-1-7-17-9-11)19-10-14-20-15(21-24-14)12-4-2-8-18-16(12)23/h1-9H,10H2,(H,18,23)(H,19,22). The van der Waals surface area contributed by atoms with Crippen molar-refractivity contribution >= 4 is 12.0 Å². The molecular formula is C16H13N5O3. The second kappa shape index (κ2) is 7.14. The monoisotopic (exact) mass is 323 g/mol. The third-order valence-corrected chi connectivity index (χ3v) is 3.05. The molecule has 0 atom stereocenters. The van der Waals surface area contributed by atoms with Crippen LogP contribution in [0.25, 0.3) is 17.5 Å². The van der Waals surface area contributed by atoms with Gasteiger partial charge in [0.2, 0.25) is 17.6 Å². The van der Waals surface area contributed by atoms with E-state index in [4.69, 9.17) is 4.52 Å². The quantitative estimate of drug-likeness (QED) is 0.681. The second-order valence-corrected chi connectivity index (χ2v) is 4.76. The molecular weight excluding hydrogens is 310 g/mol. The maximum Gasteiger partial charge on any atom is 0.259 e. The zero-order valence-corrected chi connectivity index (χ0v) is 12.5. The van der Waals surface area contributed by atoms with Crippen molar-refractivity contribution in [3.8, 4) is 11.4 Å². The van der Waals surface area contributed by atoms with Crippen LogP contribution in [0.4, 0.5) is 0 Å². The number of nitrogens with zero attached hydrogens (tertiary/aromatic N) is 3. The molecule has 8 nitrogen and oxygen atoms in total. The third kappa shape index (κ3) is 3.80. The number of rotatable bonds is 5. The van der Waals surface area contributed by atoms with Gasteiger partial charge in [0.05, 0.1) is 12.1 Å². The van der Waals surface area contributed by atoms with Crippen LogP contribution in [0.15, 0.2) is 58.2 Å². The van der Waals surface area contributed by atoms with Gasteiger partial charge in [-0.2, -0.15) is 4.98 Å². The van der Waals surface area contributed by atoms with Crippen LogP contribution in [0.2, 0.25) is 0 Å². The number of H-pyrrole nitrogens is 1. The highest BCUT2D eigenvalue weighted by Crippen LogP contribution is 2.09. The molecule has 3 aromatic rings. The third-order valence-electron chi connectivity index (χ3n) is 3.05. The minimum absolute atomic E-state index is 0.0634. The van der Waals surface area contributed by atoms with Gasteiger partial charge in [-0.15, -0.1) is 0 Å². The highest BCUT2D eigenvalue weighted by Gasteiger charge is 2.11. The number of nitrogens with one attached hydrogen (secondary N) is 2. The van der Waals surface area contributed by atoms with Crippen molar-refractivity contribution in [2.75, 3.05) is 0 Å². The number of aromatic amines is 1. The molecule has 8 heteroatoms. The molecule has 120 valence electrons. The Balaban J connectivity index is 1.60. The van der Waals surface area contributed by atoms with Gasteiger partial charge >= 0.3 is 0 Å². The summed E-state index contributed by atoms with van der Waals surface area (Å²) in [6, 6.07) is 6.86. The van der Waals surface area contributed by atoms with Gasteiger partial charge in [-0.05, 0) is 29.8 Å². The lowest BCUT2D eigenvalue weighted by Gasteiger charge is -1.96. The molecule has 0 aromatic carbocycles. The van der Waals surface area contributed by atoms with Crippen molar-refractivity contribution in [2.45, 2.75) is 6.54 Å². The predicted octanol–water partition coefficient (Wildman–Crippen LogP) is 1.15. The first kappa shape index (κ1) is 15.3. The molecule has 1 amide bonds. The molecule has 3 rings (SSSR count). The van der Waals surface area contributed by atoms with E-state index in [1.165, 1.54) is 12.3 Å². The summed E-state index contributed by atoms with van der Waals surface area (Å²) in [7, 11) is 0. The van der Waals surface area contributed by atoms with Gasteiger partial charge in [0.1, 0.15) is 0 Å². The van der Waals surface area contributed by atoms with Crippen LogP contribution in [-0.2, 0) is 11.3 Å². The zero-order chi connectivity index (χ0) is 16.8. The van der Waals surface area contributed by atoms with E-state index in [2.05, 4.69) is 25.4 Å². The van der Waals surface area contributed by atoms with Crippen molar-refractivity contribution in [3.63, 3.8) is 0 Å². The minimum atomic E-state index is -0.312. The number of hydrogen-bond acceptors (Lipinski definition) is 6. The first-order valence-electron chi connectivity index (χ1n) is 7.09. The molecule has 24 heavy (non-hydrogen) atoms. The fourth-order valence-corrected chi connectivity index (χ4v) is 1.90. The Hall–Kier alpha value is -3.55. The first-order chi connectivity index (χ1) is 11.7. The van der Waals surface area contributed by atoms with Gasteiger partial charge < -0.3 is 14.8 Å². The summed E-state index contributed by atoms with van der Waals surface area (Å²) < 4.78 is 5.02. The Morgan fingerprint density at radius 3 is 3.04 bits per heavy atom. The summed E-state index contributed by atoms with van der Waals surface area (Å²) in [6.45, 7) is 0.0634. The van der Waals surface area contributed by atoms with Crippen LogP contribution in [0.5, 0.6) is 0 Å². The predicted molar refractivity (Wildman–Crippen MR) is 85.5 cm³/mol. The molecule has 3 aromatic heterocycles. The molecule has 0 unspecified atom stereocenters. The van der Waals surface area contributed by atoms with Crippen molar-refractivity contribution in [3.05, 3.63) is 70.7 Å². The van der Waals surface area contributed by atoms with Gasteiger partial charge in [0.15, 0.2) is 0 Å². The molecule has 0 saturated carbocycles. The number of carbonyl (C=O) groups excluding carboxylic acids is 1. The van der Waals surface area contributed by atoms with Crippen molar-refractivity contribution in [2.24, 2.45) is 0 Å². The van der Waals surface area contributed by atoms with Gasteiger partial charge in [-0.3, -0.25) is 14.6 Å². The van der Waals surface area contributed by atoms with Gasteiger partial charge in [-0.1, -0.05) is 11.2 Å². The minimum Gasteiger partial charge on any atom is -0.343 e. The van der Waals surface area contributed by atoms with E-state index in [9.17, 15) is 9.59 Å². The summed E-state index contributed by atoms with van der Waals surface area (Å²) in [5.74, 6) is 0.0690. The number of carbonyl (C=O) groups is 1. The summed E-state index contributed by atoms with van der Waals surface area (Å²) in [6.07, 6.45) is 7.84. The molecule has 0 saturated heterocycles. The van der Waals surface area contributed by atoms with Crippen LogP contribution in [-0.4, -0.2) is 26.0 Å². The van der Waals surface area contributed by atoms with E-state index in [0.29, 0.717) is 5.56 Å². The second-order valence-electron chi connectivity index (χ2n) is 4.76. The lowest BCUT2D eigenvalue weighted by atomic mass is 10.2. The lowest BCUT2D eigenvalue weighted by molar-refractivity contribution is -0.116. The molecule has 0 aliphatic rings. The van der Waals surface area contributed by atoms with Crippen LogP contribution in [0, 0.1) is 0 Å². The Bertz CT molecular complexity index is 914. The molecule has 0 fully saturated rings. The van der Waals surface area contributed by atoms with E-state index in [1.807, 2.05) is 6.07 Å². The highest BCUT2D eigenvalue weighted by atomic mass is 16.5. The Labute approximate surface area is 136 Å². The molecule has 0 aliphatic carbocycles. The topological polar surface area (TPSA) is 114 Å². The summed E-state index contributed by atoms with van der Waals surface area (Å²) >= 11 is 0. The Kier molecular flexibility index (Phi) is 4.57. The number of aromatic nitrogens is 4. The van der Waals surface area contributed by atoms with Crippen LogP contribution >= 0.6 is 0 Å². The van der Waals surface area contributed by atoms with Crippen molar-refractivity contribution < 1.29 is 9.32 Å². The highest BCUT2D eigenvalue weighted by molar-refractivity contribution is 5.91. The molecule has 0 aliphatic heterocycles. The van der Waals surface area contributed by atoms with E-state index in [0.717, 1.165) is 5.56 Å². The van der Waals surface area contributed by atoms with E-state index in [1.54, 1.807) is 36.7 Å². The van der Waals surface area contributed by atoms with Crippen molar-refractivity contribution in [1.29, 1.82) is 0 Å². The largest absolute Gasteiger partial charge is 0.343 e. The summed E-state index contributed by atoms with van der Waals surface area (Å²) in [5, 5.41) is 6.36. The fourth-order valence-electron chi connectivity index (χ4n) is 1.90. The van der Waals surface area contributed by atoms with Gasteiger partial charge in [-0.25, -0.2) is 0 Å². The maximum atomic E-state index is 11.8. The molecule has 0 radical (unpaired) electrons. The first-order valence-corrected chi connectivity index (χ1v) is 7.09.